The third-order valence-electron chi connectivity index (χ3n) is 6.15. The molecule has 0 radical (unpaired) electrons. The van der Waals surface area contributed by atoms with Gasteiger partial charge in [-0.05, 0) is 54.4 Å². The summed E-state index contributed by atoms with van der Waals surface area (Å²) in [6.45, 7) is 1.40. The number of benzene rings is 1. The minimum absolute atomic E-state index is 0.0795. The molecule has 0 saturated carbocycles. The Morgan fingerprint density at radius 2 is 2.06 bits per heavy atom. The van der Waals surface area contributed by atoms with Gasteiger partial charge in [0.1, 0.15) is 10.7 Å². The summed E-state index contributed by atoms with van der Waals surface area (Å²) < 4.78 is 43.9. The standard InChI is InChI=1S/C20H24FN5O4S/c1-29-9-11-8-26-19(30-10-11)16(7-23-26)31(22,28)25-20(27)24-18-14-4-2-3-12(14)17(21)13-5-6-15(13)18/h7,11H,2-6,8-10H2,1H3,(H3,22,24,25,27,28). The lowest BCUT2D eigenvalue weighted by atomic mass is 9.83. The minimum Gasteiger partial charge on any atom is -0.476 e. The van der Waals surface area contributed by atoms with E-state index in [9.17, 15) is 13.4 Å². The van der Waals surface area contributed by atoms with Crippen molar-refractivity contribution in [3.63, 3.8) is 0 Å². The highest BCUT2D eigenvalue weighted by Gasteiger charge is 2.32. The fraction of sp³-hybridized carbons (Fsp3) is 0.500. The lowest BCUT2D eigenvalue weighted by molar-refractivity contribution is 0.0780. The topological polar surface area (TPSA) is 121 Å². The van der Waals surface area contributed by atoms with Crippen LogP contribution < -0.4 is 15.2 Å². The van der Waals surface area contributed by atoms with E-state index in [4.69, 9.17) is 14.6 Å². The van der Waals surface area contributed by atoms with Crippen molar-refractivity contribution in [3.05, 3.63) is 34.3 Å². The number of nitrogens with zero attached hydrogens (tertiary/aromatic N) is 3. The van der Waals surface area contributed by atoms with Crippen LogP contribution in [0.1, 0.15) is 28.7 Å². The third-order valence-corrected chi connectivity index (χ3v) is 7.50. The Kier molecular flexibility index (Phi) is 4.98. The molecule has 2 unspecified atom stereocenters. The zero-order valence-electron chi connectivity index (χ0n) is 17.1. The number of anilines is 1. The van der Waals surface area contributed by atoms with Crippen LogP contribution in [-0.2, 0) is 46.9 Å². The first-order valence-electron chi connectivity index (χ1n) is 10.3. The number of nitrogens with two attached hydrogens (primary N) is 1. The van der Waals surface area contributed by atoms with Gasteiger partial charge < -0.3 is 14.8 Å². The summed E-state index contributed by atoms with van der Waals surface area (Å²) in [7, 11) is -1.98. The number of ether oxygens (including phenoxy) is 2. The summed E-state index contributed by atoms with van der Waals surface area (Å²) in [5.74, 6) is 0.225. The molecule has 0 spiro atoms. The number of halogens is 1. The number of aromatic nitrogens is 2. The highest BCUT2D eigenvalue weighted by Crippen LogP contribution is 2.42. The highest BCUT2D eigenvalue weighted by atomic mass is 32.2. The van der Waals surface area contributed by atoms with Gasteiger partial charge in [-0.2, -0.15) is 5.10 Å². The number of hydrogen-bond acceptors (Lipinski definition) is 5. The summed E-state index contributed by atoms with van der Waals surface area (Å²) in [5, 5.41) is 12.9. The van der Waals surface area contributed by atoms with Gasteiger partial charge in [-0.15, -0.1) is 4.36 Å². The Hall–Kier alpha value is -2.50. The van der Waals surface area contributed by atoms with E-state index in [-0.39, 0.29) is 22.5 Å². The SMILES string of the molecule is COCC1COc2c(S(N)(=O)=NC(=O)Nc3c4c(c(F)c5c3CC5)CCC4)cnn2C1. The number of carbonyl (C=O) groups is 1. The van der Waals surface area contributed by atoms with Crippen molar-refractivity contribution >= 4 is 21.6 Å². The molecule has 9 nitrogen and oxygen atoms in total. The third kappa shape index (κ3) is 3.40. The van der Waals surface area contributed by atoms with Gasteiger partial charge in [-0.25, -0.2) is 23.2 Å². The number of carbonyl (C=O) groups excluding carboxylic acids is 1. The zero-order chi connectivity index (χ0) is 21.8. The van der Waals surface area contributed by atoms with Gasteiger partial charge in [0.25, 0.3) is 0 Å². The molecule has 1 aromatic heterocycles. The van der Waals surface area contributed by atoms with Crippen molar-refractivity contribution < 1.29 is 22.9 Å². The van der Waals surface area contributed by atoms with Gasteiger partial charge in [0.2, 0.25) is 5.88 Å². The van der Waals surface area contributed by atoms with E-state index in [1.165, 1.54) is 6.20 Å². The molecule has 166 valence electrons. The molecule has 3 N–H and O–H groups in total. The van der Waals surface area contributed by atoms with Crippen molar-refractivity contribution in [2.45, 2.75) is 43.5 Å². The Labute approximate surface area is 179 Å². The average molecular weight is 450 g/mol. The van der Waals surface area contributed by atoms with Crippen LogP contribution in [-0.4, -0.2) is 40.3 Å². The summed E-state index contributed by atoms with van der Waals surface area (Å²) in [6.07, 6.45) is 4.87. The van der Waals surface area contributed by atoms with Crippen LogP contribution in [0, 0.1) is 11.7 Å². The Morgan fingerprint density at radius 3 is 2.81 bits per heavy atom. The zero-order valence-corrected chi connectivity index (χ0v) is 18.0. The van der Waals surface area contributed by atoms with Gasteiger partial charge in [0.15, 0.2) is 9.92 Å². The fourth-order valence-electron chi connectivity index (χ4n) is 4.64. The van der Waals surface area contributed by atoms with Crippen molar-refractivity contribution in [1.82, 2.24) is 9.78 Å². The molecular formula is C20H24FN5O4S. The molecule has 5 rings (SSSR count). The molecule has 2 atom stereocenters. The first kappa shape index (κ1) is 20.4. The summed E-state index contributed by atoms with van der Waals surface area (Å²) in [4.78, 5) is 12.8. The van der Waals surface area contributed by atoms with Crippen LogP contribution in [0.2, 0.25) is 0 Å². The van der Waals surface area contributed by atoms with Gasteiger partial charge in [-0.3, -0.25) is 0 Å². The van der Waals surface area contributed by atoms with E-state index in [2.05, 4.69) is 14.8 Å². The molecule has 11 heteroatoms. The Bertz CT molecular complexity index is 1200. The van der Waals surface area contributed by atoms with Crippen molar-refractivity contribution in [1.29, 1.82) is 0 Å². The molecule has 1 aliphatic heterocycles. The van der Waals surface area contributed by atoms with Gasteiger partial charge in [0, 0.05) is 18.7 Å². The second-order valence-corrected chi connectivity index (χ2v) is 9.93. The van der Waals surface area contributed by atoms with Gasteiger partial charge in [-0.1, -0.05) is 0 Å². The number of urea groups is 1. The van der Waals surface area contributed by atoms with Gasteiger partial charge >= 0.3 is 6.03 Å². The molecule has 2 aliphatic carbocycles. The van der Waals surface area contributed by atoms with Gasteiger partial charge in [0.05, 0.1) is 26.0 Å². The molecule has 2 amide bonds. The number of nitrogens with one attached hydrogen (secondary N) is 1. The number of rotatable bonds is 4. The second-order valence-electron chi connectivity index (χ2n) is 8.18. The number of amides is 2. The molecule has 0 fully saturated rings. The quantitative estimate of drug-likeness (QED) is 0.741. The molecule has 3 aliphatic rings. The molecule has 1 aromatic carbocycles. The minimum atomic E-state index is -3.59. The molecule has 31 heavy (non-hydrogen) atoms. The average Bonchev–Trinajstić information content (AvgIpc) is 3.33. The maximum atomic E-state index is 14.6. The monoisotopic (exact) mass is 449 g/mol. The summed E-state index contributed by atoms with van der Waals surface area (Å²) in [6, 6.07) is -0.824. The summed E-state index contributed by atoms with van der Waals surface area (Å²) >= 11 is 0. The fourth-order valence-corrected chi connectivity index (χ4v) is 5.64. The first-order chi connectivity index (χ1) is 14.9. The molecule has 0 bridgehead atoms. The summed E-state index contributed by atoms with van der Waals surface area (Å²) in [5.41, 5.74) is 3.56. The molecule has 0 saturated heterocycles. The first-order valence-corrected chi connectivity index (χ1v) is 11.8. The number of fused-ring (bicyclic) bond motifs is 3. The van der Waals surface area contributed by atoms with Crippen molar-refractivity contribution in [2.75, 3.05) is 25.6 Å². The van der Waals surface area contributed by atoms with Crippen LogP contribution in [0.4, 0.5) is 14.9 Å². The van der Waals surface area contributed by atoms with Crippen LogP contribution in [0.15, 0.2) is 15.5 Å². The van der Waals surface area contributed by atoms with Crippen LogP contribution in [0.3, 0.4) is 0 Å². The largest absolute Gasteiger partial charge is 0.476 e. The Morgan fingerprint density at radius 1 is 1.35 bits per heavy atom. The smallest absolute Gasteiger partial charge is 0.354 e. The molecular weight excluding hydrogens is 425 g/mol. The lowest BCUT2D eigenvalue weighted by Gasteiger charge is -2.26. The maximum absolute atomic E-state index is 14.6. The van der Waals surface area contributed by atoms with E-state index >= 15 is 0 Å². The van der Waals surface area contributed by atoms with Crippen LogP contribution >= 0.6 is 0 Å². The van der Waals surface area contributed by atoms with Crippen LogP contribution in [0.25, 0.3) is 0 Å². The van der Waals surface area contributed by atoms with E-state index in [1.807, 2.05) is 0 Å². The van der Waals surface area contributed by atoms with Crippen molar-refractivity contribution in [3.8, 4) is 5.88 Å². The lowest BCUT2D eigenvalue weighted by Crippen LogP contribution is -2.30. The van der Waals surface area contributed by atoms with E-state index < -0.39 is 15.9 Å². The van der Waals surface area contributed by atoms with E-state index in [1.54, 1.807) is 11.8 Å². The predicted octanol–water partition coefficient (Wildman–Crippen LogP) is 2.20. The maximum Gasteiger partial charge on any atom is 0.354 e. The normalized spacial score (nSPS) is 20.5. The number of methoxy groups -OCH3 is 1. The van der Waals surface area contributed by atoms with E-state index in [0.717, 1.165) is 17.5 Å². The number of hydrogen-bond donors (Lipinski definition) is 2. The predicted molar refractivity (Wildman–Crippen MR) is 111 cm³/mol. The van der Waals surface area contributed by atoms with E-state index in [0.29, 0.717) is 62.3 Å². The van der Waals surface area contributed by atoms with Crippen LogP contribution in [0.5, 0.6) is 5.88 Å². The molecule has 2 heterocycles. The highest BCUT2D eigenvalue weighted by molar-refractivity contribution is 7.91. The Balaban J connectivity index is 1.43. The second kappa shape index (κ2) is 7.57. The molecule has 2 aromatic rings. The van der Waals surface area contributed by atoms with Crippen molar-refractivity contribution in [2.24, 2.45) is 15.4 Å².